The maximum atomic E-state index is 12.9. The summed E-state index contributed by atoms with van der Waals surface area (Å²) in [6.07, 6.45) is 2.76. The van der Waals surface area contributed by atoms with Crippen LogP contribution in [0.3, 0.4) is 0 Å². The number of Topliss-reactive ketones (excluding diaryl/α,β-unsaturated/α-hetero) is 1. The highest BCUT2D eigenvalue weighted by Gasteiger charge is 2.33. The molecule has 0 saturated carbocycles. The molecule has 0 bridgehead atoms. The van der Waals surface area contributed by atoms with E-state index in [0.717, 1.165) is 35.6 Å². The summed E-state index contributed by atoms with van der Waals surface area (Å²) in [6.45, 7) is 4.23. The number of carbonyl (C=O) groups excluding carboxylic acids is 2. The van der Waals surface area contributed by atoms with E-state index in [9.17, 15) is 9.59 Å². The Morgan fingerprint density at radius 1 is 1.21 bits per heavy atom. The first-order valence-corrected chi connectivity index (χ1v) is 9.63. The lowest BCUT2D eigenvalue weighted by atomic mass is 9.81. The Kier molecular flexibility index (Phi) is 6.07. The molecule has 1 aromatic carbocycles. The number of ketones is 1. The summed E-state index contributed by atoms with van der Waals surface area (Å²) in [5.74, 6) is 1.02. The fraction of sp³-hybridized carbons (Fsp3) is 0.455. The first-order chi connectivity index (χ1) is 13.5. The Labute approximate surface area is 165 Å². The molecule has 1 aromatic heterocycles. The molecule has 6 heteroatoms. The molecule has 150 valence electrons. The van der Waals surface area contributed by atoms with Crippen LogP contribution in [0.2, 0.25) is 0 Å². The fourth-order valence-corrected chi connectivity index (χ4v) is 3.80. The zero-order valence-electron chi connectivity index (χ0n) is 16.9. The van der Waals surface area contributed by atoms with Crippen molar-refractivity contribution in [3.05, 3.63) is 46.3 Å². The monoisotopic (exact) mass is 385 g/mol. The van der Waals surface area contributed by atoms with Gasteiger partial charge in [0.25, 0.3) is 0 Å². The molecule has 0 fully saturated rings. The number of fused-ring (bicyclic) bond motifs is 1. The fourth-order valence-electron chi connectivity index (χ4n) is 3.80. The summed E-state index contributed by atoms with van der Waals surface area (Å²) in [5, 5.41) is 0. The summed E-state index contributed by atoms with van der Waals surface area (Å²) in [6, 6.07) is 5.60. The van der Waals surface area contributed by atoms with Gasteiger partial charge in [-0.3, -0.25) is 4.79 Å². The van der Waals surface area contributed by atoms with E-state index in [1.165, 1.54) is 0 Å². The van der Waals surface area contributed by atoms with Crippen LogP contribution in [0.15, 0.2) is 18.2 Å². The number of methoxy groups -OCH3 is 2. The van der Waals surface area contributed by atoms with Crippen molar-refractivity contribution < 1.29 is 23.8 Å². The van der Waals surface area contributed by atoms with Gasteiger partial charge in [0.2, 0.25) is 0 Å². The molecule has 1 aliphatic carbocycles. The topological polar surface area (TPSA) is 77.6 Å². The molecule has 0 amide bonds. The van der Waals surface area contributed by atoms with Crippen LogP contribution in [0.1, 0.15) is 69.8 Å². The van der Waals surface area contributed by atoms with E-state index in [2.05, 4.69) is 4.98 Å². The van der Waals surface area contributed by atoms with E-state index in [1.54, 1.807) is 21.1 Å². The molecule has 2 aromatic rings. The van der Waals surface area contributed by atoms with Gasteiger partial charge in [0.15, 0.2) is 5.78 Å². The number of nitrogens with one attached hydrogen (secondary N) is 1. The minimum atomic E-state index is -0.399. The molecular weight excluding hydrogens is 358 g/mol. The van der Waals surface area contributed by atoms with E-state index in [0.29, 0.717) is 36.3 Å². The maximum Gasteiger partial charge on any atom is 0.355 e. The average Bonchev–Trinajstić information content (AvgIpc) is 3.04. The molecular formula is C22H27NO5. The van der Waals surface area contributed by atoms with Gasteiger partial charge in [-0.15, -0.1) is 0 Å². The predicted octanol–water partition coefficient (Wildman–Crippen LogP) is 4.21. The molecule has 1 atom stereocenters. The summed E-state index contributed by atoms with van der Waals surface area (Å²) in [5.41, 5.74) is 3.40. The van der Waals surface area contributed by atoms with Gasteiger partial charge in [-0.1, -0.05) is 13.3 Å². The Bertz CT molecular complexity index is 883. The lowest BCUT2D eigenvalue weighted by Crippen LogP contribution is -2.19. The molecule has 0 radical (unpaired) electrons. The molecule has 1 aliphatic rings. The normalized spacial score (nSPS) is 15.9. The lowest BCUT2D eigenvalue weighted by molar-refractivity contribution is 0.0492. The average molecular weight is 385 g/mol. The standard InChI is InChI=1S/C22H27NO5/c1-5-6-9-28-22(25)21-13(2)20-17(23-21)10-14(11-18(20)24)16-12-15(26-3)7-8-19(16)27-4/h7-8,12,14,23H,5-6,9-11H2,1-4H3/t14-/m1/s1. The van der Waals surface area contributed by atoms with Crippen LogP contribution < -0.4 is 9.47 Å². The van der Waals surface area contributed by atoms with Gasteiger partial charge in [-0.05, 0) is 43.5 Å². The van der Waals surface area contributed by atoms with Crippen molar-refractivity contribution >= 4 is 11.8 Å². The van der Waals surface area contributed by atoms with Crippen molar-refractivity contribution in [3.8, 4) is 11.5 Å². The van der Waals surface area contributed by atoms with Gasteiger partial charge in [0, 0.05) is 29.2 Å². The Balaban J connectivity index is 1.90. The van der Waals surface area contributed by atoms with Crippen molar-refractivity contribution in [1.82, 2.24) is 4.98 Å². The van der Waals surface area contributed by atoms with Crippen molar-refractivity contribution in [2.45, 2.75) is 45.4 Å². The number of hydrogen-bond acceptors (Lipinski definition) is 5. The third kappa shape index (κ3) is 3.77. The highest BCUT2D eigenvalue weighted by Crippen LogP contribution is 2.40. The van der Waals surface area contributed by atoms with E-state index < -0.39 is 5.97 Å². The number of unbranched alkanes of at least 4 members (excludes halogenated alkanes) is 1. The van der Waals surface area contributed by atoms with Gasteiger partial charge in [0.05, 0.1) is 20.8 Å². The first kappa shape index (κ1) is 20.0. The van der Waals surface area contributed by atoms with E-state index >= 15 is 0 Å². The molecule has 3 rings (SSSR count). The molecule has 28 heavy (non-hydrogen) atoms. The minimum Gasteiger partial charge on any atom is -0.497 e. The molecule has 6 nitrogen and oxygen atoms in total. The number of H-pyrrole nitrogens is 1. The van der Waals surface area contributed by atoms with E-state index in [-0.39, 0.29) is 11.7 Å². The number of benzene rings is 1. The van der Waals surface area contributed by atoms with E-state index in [1.807, 2.05) is 25.1 Å². The lowest BCUT2D eigenvalue weighted by Gasteiger charge is -2.24. The maximum absolute atomic E-state index is 12.9. The van der Waals surface area contributed by atoms with Crippen LogP contribution >= 0.6 is 0 Å². The summed E-state index contributed by atoms with van der Waals surface area (Å²) < 4.78 is 16.1. The van der Waals surface area contributed by atoms with Gasteiger partial charge in [-0.25, -0.2) is 4.79 Å². The molecule has 0 aliphatic heterocycles. The van der Waals surface area contributed by atoms with Crippen LogP contribution in [0.5, 0.6) is 11.5 Å². The summed E-state index contributed by atoms with van der Waals surface area (Å²) in [4.78, 5) is 28.5. The quantitative estimate of drug-likeness (QED) is 0.571. The Hall–Kier alpha value is -2.76. The second-order valence-corrected chi connectivity index (χ2v) is 7.10. The Morgan fingerprint density at radius 2 is 2.00 bits per heavy atom. The van der Waals surface area contributed by atoms with Crippen LogP contribution in [-0.4, -0.2) is 37.6 Å². The number of carbonyl (C=O) groups is 2. The van der Waals surface area contributed by atoms with Crippen LogP contribution in [-0.2, 0) is 11.2 Å². The van der Waals surface area contributed by atoms with Crippen molar-refractivity contribution in [2.24, 2.45) is 0 Å². The first-order valence-electron chi connectivity index (χ1n) is 9.63. The largest absolute Gasteiger partial charge is 0.497 e. The van der Waals surface area contributed by atoms with Crippen LogP contribution in [0.4, 0.5) is 0 Å². The van der Waals surface area contributed by atoms with Gasteiger partial charge in [-0.2, -0.15) is 0 Å². The predicted molar refractivity (Wildman–Crippen MR) is 106 cm³/mol. The second kappa shape index (κ2) is 8.50. The van der Waals surface area contributed by atoms with Gasteiger partial charge >= 0.3 is 5.97 Å². The third-order valence-electron chi connectivity index (χ3n) is 5.30. The third-order valence-corrected chi connectivity index (χ3v) is 5.30. The highest BCUT2D eigenvalue weighted by atomic mass is 16.5. The van der Waals surface area contributed by atoms with Crippen LogP contribution in [0, 0.1) is 6.92 Å². The SMILES string of the molecule is CCCCOC(=O)c1[nH]c2c(c1C)C(=O)C[C@H](c1cc(OC)ccc1OC)C2. The molecule has 0 spiro atoms. The number of hydrogen-bond donors (Lipinski definition) is 1. The number of esters is 1. The van der Waals surface area contributed by atoms with Crippen molar-refractivity contribution in [3.63, 3.8) is 0 Å². The zero-order valence-corrected chi connectivity index (χ0v) is 16.9. The molecule has 0 saturated heterocycles. The summed E-state index contributed by atoms with van der Waals surface area (Å²) in [7, 11) is 3.23. The van der Waals surface area contributed by atoms with Gasteiger partial charge < -0.3 is 19.2 Å². The molecule has 0 unspecified atom stereocenters. The Morgan fingerprint density at radius 3 is 2.68 bits per heavy atom. The minimum absolute atomic E-state index is 0.0254. The van der Waals surface area contributed by atoms with Crippen LogP contribution in [0.25, 0.3) is 0 Å². The highest BCUT2D eigenvalue weighted by molar-refractivity contribution is 6.03. The molecule has 1 heterocycles. The van der Waals surface area contributed by atoms with Gasteiger partial charge in [0.1, 0.15) is 17.2 Å². The zero-order chi connectivity index (χ0) is 20.3. The number of ether oxygens (including phenoxy) is 3. The summed E-state index contributed by atoms with van der Waals surface area (Å²) >= 11 is 0. The van der Waals surface area contributed by atoms with Crippen molar-refractivity contribution in [2.75, 3.05) is 20.8 Å². The number of aromatic nitrogens is 1. The smallest absolute Gasteiger partial charge is 0.355 e. The second-order valence-electron chi connectivity index (χ2n) is 7.10. The van der Waals surface area contributed by atoms with Crippen molar-refractivity contribution in [1.29, 1.82) is 0 Å². The number of aromatic amines is 1. The number of rotatable bonds is 7. The molecule has 1 N–H and O–H groups in total. The van der Waals surface area contributed by atoms with E-state index in [4.69, 9.17) is 14.2 Å².